The number of ether oxygens (including phenoxy) is 1. The van der Waals surface area contributed by atoms with E-state index in [2.05, 4.69) is 5.32 Å². The molecule has 0 atom stereocenters. The molecule has 1 aromatic carbocycles. The van der Waals surface area contributed by atoms with Crippen molar-refractivity contribution < 1.29 is 22.7 Å². The van der Waals surface area contributed by atoms with E-state index in [1.54, 1.807) is 12.1 Å². The Hall–Kier alpha value is -1.56. The van der Waals surface area contributed by atoms with Crippen molar-refractivity contribution in [2.75, 3.05) is 19.7 Å². The number of ketones is 1. The summed E-state index contributed by atoms with van der Waals surface area (Å²) >= 11 is 0. The molecule has 0 spiro atoms. The monoisotopic (exact) mass is 259 g/mol. The lowest BCUT2D eigenvalue weighted by molar-refractivity contribution is -0.124. The highest BCUT2D eigenvalue weighted by Crippen LogP contribution is 2.29. The summed E-state index contributed by atoms with van der Waals surface area (Å²) in [5.41, 5.74) is 1.27. The van der Waals surface area contributed by atoms with Crippen molar-refractivity contribution in [2.45, 2.75) is 12.6 Å². The molecular formula is C12H12F3NO2. The van der Waals surface area contributed by atoms with Crippen molar-refractivity contribution in [1.29, 1.82) is 0 Å². The molecule has 0 amide bonds. The first kappa shape index (κ1) is 12.9. The van der Waals surface area contributed by atoms with Crippen molar-refractivity contribution >= 4 is 5.78 Å². The van der Waals surface area contributed by atoms with E-state index < -0.39 is 18.5 Å². The molecule has 0 fully saturated rings. The minimum atomic E-state index is -4.31. The molecular weight excluding hydrogens is 247 g/mol. The maximum Gasteiger partial charge on any atom is 0.401 e. The van der Waals surface area contributed by atoms with Crippen LogP contribution in [0.1, 0.15) is 15.9 Å². The molecule has 1 heterocycles. The van der Waals surface area contributed by atoms with E-state index in [0.29, 0.717) is 17.9 Å². The Labute approximate surface area is 102 Å². The van der Waals surface area contributed by atoms with Crippen LogP contribution in [-0.4, -0.2) is 31.7 Å². The molecule has 0 saturated carbocycles. The number of rotatable bonds is 4. The summed E-state index contributed by atoms with van der Waals surface area (Å²) in [4.78, 5) is 11.8. The Morgan fingerprint density at radius 3 is 2.89 bits per heavy atom. The smallest absolute Gasteiger partial charge is 0.401 e. The van der Waals surface area contributed by atoms with Crippen molar-refractivity contribution in [3.05, 3.63) is 29.3 Å². The molecule has 6 heteroatoms. The number of alkyl halides is 3. The van der Waals surface area contributed by atoms with Crippen LogP contribution in [-0.2, 0) is 6.42 Å². The van der Waals surface area contributed by atoms with Gasteiger partial charge in [0.25, 0.3) is 0 Å². The lowest BCUT2D eigenvalue weighted by atomic mass is 10.0. The molecule has 1 N–H and O–H groups in total. The highest BCUT2D eigenvalue weighted by atomic mass is 19.4. The van der Waals surface area contributed by atoms with Crippen LogP contribution in [0, 0.1) is 0 Å². The first-order valence-electron chi connectivity index (χ1n) is 5.53. The van der Waals surface area contributed by atoms with Gasteiger partial charge in [0.2, 0.25) is 0 Å². The highest BCUT2D eigenvalue weighted by Gasteiger charge is 2.27. The lowest BCUT2D eigenvalue weighted by Gasteiger charge is -2.09. The molecule has 3 nitrogen and oxygen atoms in total. The molecule has 2 rings (SSSR count). The van der Waals surface area contributed by atoms with E-state index in [-0.39, 0.29) is 6.54 Å². The predicted molar refractivity (Wildman–Crippen MR) is 58.9 cm³/mol. The summed E-state index contributed by atoms with van der Waals surface area (Å²) < 4.78 is 41.1. The average molecular weight is 259 g/mol. The Balaban J connectivity index is 2.00. The van der Waals surface area contributed by atoms with Crippen LogP contribution in [0.4, 0.5) is 13.2 Å². The van der Waals surface area contributed by atoms with Crippen LogP contribution >= 0.6 is 0 Å². The number of hydrogen-bond donors (Lipinski definition) is 1. The molecule has 0 bridgehead atoms. The largest absolute Gasteiger partial charge is 0.492 e. The first-order valence-corrected chi connectivity index (χ1v) is 5.53. The number of hydrogen-bond acceptors (Lipinski definition) is 3. The molecule has 98 valence electrons. The average Bonchev–Trinajstić information content (AvgIpc) is 2.74. The summed E-state index contributed by atoms with van der Waals surface area (Å²) in [5.74, 6) is 0.120. The zero-order valence-electron chi connectivity index (χ0n) is 9.51. The molecule has 0 aliphatic carbocycles. The fourth-order valence-corrected chi connectivity index (χ4v) is 1.85. The van der Waals surface area contributed by atoms with E-state index in [1.165, 1.54) is 0 Å². The van der Waals surface area contributed by atoms with Gasteiger partial charge in [0.15, 0.2) is 5.78 Å². The van der Waals surface area contributed by atoms with Crippen LogP contribution in [0.3, 0.4) is 0 Å². The molecule has 18 heavy (non-hydrogen) atoms. The zero-order valence-corrected chi connectivity index (χ0v) is 9.51. The van der Waals surface area contributed by atoms with E-state index >= 15 is 0 Å². The lowest BCUT2D eigenvalue weighted by Crippen LogP contribution is -2.32. The van der Waals surface area contributed by atoms with Gasteiger partial charge in [0.05, 0.1) is 25.3 Å². The summed E-state index contributed by atoms with van der Waals surface area (Å²) in [6.45, 7) is -1.01. The summed E-state index contributed by atoms with van der Waals surface area (Å²) in [5, 5.41) is 2.08. The molecule has 1 aliphatic rings. The molecule has 1 aliphatic heterocycles. The summed E-state index contributed by atoms with van der Waals surface area (Å²) in [6, 6.07) is 5.13. The number of carbonyl (C=O) groups is 1. The van der Waals surface area contributed by atoms with Gasteiger partial charge in [-0.3, -0.25) is 4.79 Å². The van der Waals surface area contributed by atoms with E-state index in [9.17, 15) is 18.0 Å². The van der Waals surface area contributed by atoms with Crippen LogP contribution in [0.15, 0.2) is 18.2 Å². The SMILES string of the molecule is O=C(CNCC(F)(F)F)c1cccc2c1OCC2. The number of fused-ring (bicyclic) bond motifs is 1. The minimum absolute atomic E-state index is 0.347. The fourth-order valence-electron chi connectivity index (χ4n) is 1.85. The topological polar surface area (TPSA) is 38.3 Å². The Kier molecular flexibility index (Phi) is 3.56. The van der Waals surface area contributed by atoms with E-state index in [0.717, 1.165) is 12.0 Å². The standard InChI is InChI=1S/C12H12F3NO2/c13-12(14,15)7-16-6-10(17)9-3-1-2-8-4-5-18-11(8)9/h1-3,16H,4-7H2. The Bertz CT molecular complexity index is 457. The molecule has 0 saturated heterocycles. The number of benzene rings is 1. The van der Waals surface area contributed by atoms with Crippen molar-refractivity contribution in [2.24, 2.45) is 0 Å². The van der Waals surface area contributed by atoms with Crippen molar-refractivity contribution in [3.63, 3.8) is 0 Å². The molecule has 0 aromatic heterocycles. The Morgan fingerprint density at radius 1 is 1.39 bits per heavy atom. The third kappa shape index (κ3) is 3.01. The second-order valence-electron chi connectivity index (χ2n) is 4.03. The Morgan fingerprint density at radius 2 is 2.17 bits per heavy atom. The second kappa shape index (κ2) is 4.97. The fraction of sp³-hybridized carbons (Fsp3) is 0.417. The highest BCUT2D eigenvalue weighted by molar-refractivity contribution is 6.00. The summed E-state index contributed by atoms with van der Waals surface area (Å²) in [7, 11) is 0. The van der Waals surface area contributed by atoms with Gasteiger partial charge in [-0.05, 0) is 11.6 Å². The van der Waals surface area contributed by atoms with E-state index in [1.807, 2.05) is 6.07 Å². The maximum atomic E-state index is 11.9. The minimum Gasteiger partial charge on any atom is -0.492 e. The third-order valence-electron chi connectivity index (χ3n) is 2.63. The van der Waals surface area contributed by atoms with Gasteiger partial charge in [0.1, 0.15) is 5.75 Å². The van der Waals surface area contributed by atoms with Crippen LogP contribution in [0.25, 0.3) is 0 Å². The number of para-hydroxylation sites is 1. The van der Waals surface area contributed by atoms with Gasteiger partial charge < -0.3 is 10.1 Å². The van der Waals surface area contributed by atoms with Gasteiger partial charge in [0, 0.05) is 6.42 Å². The van der Waals surface area contributed by atoms with Gasteiger partial charge in [-0.1, -0.05) is 12.1 Å². The van der Waals surface area contributed by atoms with Crippen LogP contribution in [0.2, 0.25) is 0 Å². The summed E-state index contributed by atoms with van der Waals surface area (Å²) in [6.07, 6.45) is -3.58. The molecule has 0 radical (unpaired) electrons. The quantitative estimate of drug-likeness (QED) is 0.840. The van der Waals surface area contributed by atoms with Gasteiger partial charge in [-0.2, -0.15) is 13.2 Å². The first-order chi connectivity index (χ1) is 8.47. The molecule has 0 unspecified atom stereocenters. The van der Waals surface area contributed by atoms with Gasteiger partial charge in [-0.25, -0.2) is 0 Å². The zero-order chi connectivity index (χ0) is 13.2. The second-order valence-corrected chi connectivity index (χ2v) is 4.03. The molecule has 1 aromatic rings. The van der Waals surface area contributed by atoms with Crippen LogP contribution in [0.5, 0.6) is 5.75 Å². The number of Topliss-reactive ketones (excluding diaryl/α,β-unsaturated/α-hetero) is 1. The number of halogens is 3. The van der Waals surface area contributed by atoms with Crippen LogP contribution < -0.4 is 10.1 Å². The van der Waals surface area contributed by atoms with Crippen molar-refractivity contribution in [3.8, 4) is 5.75 Å². The van der Waals surface area contributed by atoms with Gasteiger partial charge in [-0.15, -0.1) is 0 Å². The third-order valence-corrected chi connectivity index (χ3v) is 2.63. The van der Waals surface area contributed by atoms with Gasteiger partial charge >= 0.3 is 6.18 Å². The number of nitrogens with one attached hydrogen (secondary N) is 1. The predicted octanol–water partition coefficient (Wildman–Crippen LogP) is 1.96. The normalized spacial score (nSPS) is 14.2. The number of carbonyl (C=O) groups excluding carboxylic acids is 1. The van der Waals surface area contributed by atoms with E-state index in [4.69, 9.17) is 4.74 Å². The van der Waals surface area contributed by atoms with Crippen molar-refractivity contribution in [1.82, 2.24) is 5.32 Å². The maximum absolute atomic E-state index is 11.9.